The van der Waals surface area contributed by atoms with Crippen LogP contribution >= 0.6 is 0 Å². The van der Waals surface area contributed by atoms with Crippen LogP contribution in [0, 0.1) is 82.0 Å². The fraction of sp³-hybridized carbons (Fsp3) is 0.519. The molecular weight excluding hydrogens is 1180 g/mol. The van der Waals surface area contributed by atoms with Crippen LogP contribution < -0.4 is 42.8 Å². The molecule has 10 aliphatic rings. The Morgan fingerprint density at radius 3 is 2.47 bits per heavy atom. The number of aryl methyl sites for hydroxylation is 2. The number of dihydropyridines is 1. The molecule has 0 radical (unpaired) electrons. The van der Waals surface area contributed by atoms with Crippen LogP contribution in [0.2, 0.25) is 0 Å². The summed E-state index contributed by atoms with van der Waals surface area (Å²) in [7, 11) is 1.48. The molecule has 95 heavy (non-hydrogen) atoms. The molecule has 502 valence electrons. The minimum atomic E-state index is -0.513. The van der Waals surface area contributed by atoms with Gasteiger partial charge in [0.15, 0.2) is 17.3 Å². The quantitative estimate of drug-likeness (QED) is 0.0342. The molecule has 14 nitrogen and oxygen atoms in total. The number of hydrogen-bond acceptors (Lipinski definition) is 14. The van der Waals surface area contributed by atoms with Gasteiger partial charge in [-0.3, -0.25) is 9.59 Å². The molecule has 14 heteroatoms. The van der Waals surface area contributed by atoms with E-state index in [9.17, 15) is 24.9 Å². The van der Waals surface area contributed by atoms with Crippen molar-refractivity contribution in [1.29, 1.82) is 0 Å². The van der Waals surface area contributed by atoms with Crippen molar-refractivity contribution in [2.24, 2.45) is 86.5 Å². The number of hydrogen-bond donors (Lipinski definition) is 10. The number of ketones is 2. The fourth-order valence-electron chi connectivity index (χ4n) is 20.3. The normalized spacial score (nSPS) is 34.1. The maximum Gasteiger partial charge on any atom is 0.202 e. The molecule has 5 aliphatic heterocycles. The number of benzene rings is 4. The minimum Gasteiger partial charge on any atom is -0.504 e. The van der Waals surface area contributed by atoms with Gasteiger partial charge in [-0.25, -0.2) is 0 Å². The van der Waals surface area contributed by atoms with Crippen LogP contribution in [0.25, 0.3) is 5.57 Å². The summed E-state index contributed by atoms with van der Waals surface area (Å²) in [6.07, 6.45) is 28.0. The first-order valence-electron chi connectivity index (χ1n) is 35.8. The molecule has 4 aromatic rings. The number of guanidine groups is 1. The summed E-state index contributed by atoms with van der Waals surface area (Å²) < 4.78 is 5.69. The van der Waals surface area contributed by atoms with E-state index in [0.29, 0.717) is 102 Å². The number of piperidine rings is 1. The zero-order chi connectivity index (χ0) is 65.6. The van der Waals surface area contributed by atoms with Gasteiger partial charge < -0.3 is 58.1 Å². The number of aromatic hydroxyl groups is 1. The van der Waals surface area contributed by atoms with Crippen LogP contribution in [-0.2, 0) is 35.3 Å². The third kappa shape index (κ3) is 14.9. The molecule has 5 heterocycles. The molecule has 5 fully saturated rings. The number of aliphatic hydroxyl groups is 2. The van der Waals surface area contributed by atoms with E-state index in [1.54, 1.807) is 12.1 Å². The van der Waals surface area contributed by atoms with Crippen LogP contribution in [-0.4, -0.2) is 104 Å². The van der Waals surface area contributed by atoms with E-state index in [1.165, 1.54) is 42.7 Å². The number of nitrogens with two attached hydrogens (primary N) is 2. The monoisotopic (exact) mass is 1280 g/mol. The molecule has 14 rings (SSSR count). The lowest BCUT2D eigenvalue weighted by Crippen LogP contribution is -2.57. The Morgan fingerprint density at radius 1 is 0.853 bits per heavy atom. The highest BCUT2D eigenvalue weighted by molar-refractivity contribution is 6.08. The van der Waals surface area contributed by atoms with E-state index in [1.807, 2.05) is 19.2 Å². The molecule has 0 amide bonds. The summed E-state index contributed by atoms with van der Waals surface area (Å²) in [6, 6.07) is 37.4. The Bertz CT molecular complexity index is 3640. The van der Waals surface area contributed by atoms with E-state index in [0.717, 1.165) is 101 Å². The number of rotatable bonds is 13. The van der Waals surface area contributed by atoms with Crippen molar-refractivity contribution in [3.63, 3.8) is 0 Å². The highest BCUT2D eigenvalue weighted by atomic mass is 16.5. The lowest BCUT2D eigenvalue weighted by molar-refractivity contribution is -0.126. The molecule has 4 aromatic carbocycles. The lowest BCUT2D eigenvalue weighted by atomic mass is 9.52. The summed E-state index contributed by atoms with van der Waals surface area (Å²) in [5, 5.41) is 53.0. The number of phenolic OH excluding ortho intramolecular Hbond substituents is 1. The van der Waals surface area contributed by atoms with Crippen molar-refractivity contribution >= 4 is 23.1 Å². The topological polar surface area (TPSA) is 229 Å². The molecule has 1 unspecified atom stereocenters. The number of nitrogens with one attached hydrogen (secondary N) is 5. The number of fused-ring (bicyclic) bond motifs is 12. The molecule has 1 saturated heterocycles. The van der Waals surface area contributed by atoms with Crippen LogP contribution in [0.3, 0.4) is 0 Å². The van der Waals surface area contributed by atoms with Crippen molar-refractivity contribution < 1.29 is 29.6 Å². The van der Waals surface area contributed by atoms with Gasteiger partial charge in [0.1, 0.15) is 5.78 Å². The van der Waals surface area contributed by atoms with Crippen molar-refractivity contribution in [3.05, 3.63) is 184 Å². The molecule has 12 N–H and O–H groups in total. The molecular formula is C81H102N8O6. The van der Waals surface area contributed by atoms with Gasteiger partial charge >= 0.3 is 0 Å². The number of nitrogens with zero attached hydrogens (tertiary/aromatic N) is 1. The number of methoxy groups -OCH3 is 1. The van der Waals surface area contributed by atoms with E-state index in [-0.39, 0.29) is 76.5 Å². The number of allylic oxidation sites excluding steroid dienone is 5. The second-order valence-electron chi connectivity index (χ2n) is 30.1. The van der Waals surface area contributed by atoms with E-state index in [4.69, 9.17) is 21.2 Å². The zero-order valence-corrected chi connectivity index (χ0v) is 55.9. The van der Waals surface area contributed by atoms with E-state index >= 15 is 0 Å². The van der Waals surface area contributed by atoms with Gasteiger partial charge in [0.05, 0.1) is 32.4 Å². The second kappa shape index (κ2) is 29.7. The van der Waals surface area contributed by atoms with Crippen molar-refractivity contribution in [1.82, 2.24) is 26.6 Å². The minimum absolute atomic E-state index is 0.0717. The molecule has 0 aromatic heterocycles. The van der Waals surface area contributed by atoms with Gasteiger partial charge in [0.25, 0.3) is 0 Å². The smallest absolute Gasteiger partial charge is 0.202 e. The number of ether oxygens (including phenoxy) is 1. The average Bonchev–Trinajstić information content (AvgIpc) is 1.54. The molecule has 17 atom stereocenters. The standard InChI is InChI=1S/C81H102N8O6/c1-51(91)46-87-76-45-80(43-72-68-26-29-84-47-62(68)34-59-19-11-27-85-78(59)72)41-55-22-25-75(80)81(76)42-60-24-23-57(56-16-7-4-8-17-56)33-64(71(60)44-81)49-89-79(83)86-28-10-18-58(31-54-15-9-14-53(30-54)21-20-52-12-5-3-6-13-52)70-40-77(82)88-48-63(70)35-61-37-73(94)74(95-2)39-69(61)65(50-90)36-67(93)38-66(92)32-55/h3-9,11-17,19,23-24,30,36-37,39-40,48,51,55,57-60,62,64,68,71-72,75-78,84-85,87-88,90-91,94H,18,20-22,25-27,29,31-35,38,41-47,49-50,82H2,1-2H3,(H3,83,86,89)/b65-36+/t51-,55+,57+,58+,59-,60-,62-,64+,68+,71-,72+,75-,76-,77?,78+,80-,81+/m0/s1. The number of Topliss-reactive ketones (excluding diaryl/α,β-unsaturated/α-hetero) is 1. The maximum absolute atomic E-state index is 14.9. The number of phenols is 1. The van der Waals surface area contributed by atoms with Gasteiger partial charge in [0.2, 0.25) is 5.96 Å². The second-order valence-corrected chi connectivity index (χ2v) is 30.1. The van der Waals surface area contributed by atoms with Gasteiger partial charge in [-0.2, -0.15) is 4.99 Å². The van der Waals surface area contributed by atoms with Crippen molar-refractivity contribution in [2.45, 2.75) is 146 Å². The summed E-state index contributed by atoms with van der Waals surface area (Å²) >= 11 is 0. The highest BCUT2D eigenvalue weighted by Gasteiger charge is 2.67. The number of aliphatic hydroxyl groups excluding tert-OH is 2. The average molecular weight is 1280 g/mol. The Balaban J connectivity index is 0.886. The first-order chi connectivity index (χ1) is 46.2. The first-order valence-corrected chi connectivity index (χ1v) is 35.8. The third-order valence-corrected chi connectivity index (χ3v) is 24.2. The maximum atomic E-state index is 14.9. The predicted molar refractivity (Wildman–Crippen MR) is 377 cm³/mol. The number of carbonyl (C=O) groups excluding carboxylic acids is 2. The van der Waals surface area contributed by atoms with Gasteiger partial charge in [-0.05, 0) is 254 Å². The van der Waals surface area contributed by atoms with Crippen LogP contribution in [0.15, 0.2) is 156 Å². The molecule has 4 saturated carbocycles. The summed E-state index contributed by atoms with van der Waals surface area (Å²) in [6.45, 7) is 5.56. The molecule has 5 aliphatic carbocycles. The van der Waals surface area contributed by atoms with Crippen LogP contribution in [0.1, 0.15) is 130 Å². The fourth-order valence-corrected chi connectivity index (χ4v) is 20.3. The van der Waals surface area contributed by atoms with Crippen LogP contribution in [0.5, 0.6) is 11.5 Å². The lowest BCUT2D eigenvalue weighted by Gasteiger charge is -2.55. The number of aliphatic imine (C=N–C) groups is 1. The predicted octanol–water partition coefficient (Wildman–Crippen LogP) is 10.1. The summed E-state index contributed by atoms with van der Waals surface area (Å²) in [5.41, 5.74) is 22.0. The van der Waals surface area contributed by atoms with Gasteiger partial charge in [-0.1, -0.05) is 115 Å². The van der Waals surface area contributed by atoms with Gasteiger partial charge in [0, 0.05) is 62.7 Å². The Hall–Kier alpha value is -7.09. The number of carbonyl (C=O) groups is 2. The Labute approximate surface area is 563 Å². The summed E-state index contributed by atoms with van der Waals surface area (Å²) in [5.74, 6) is 7.06. The summed E-state index contributed by atoms with van der Waals surface area (Å²) in [4.78, 5) is 34.2. The highest BCUT2D eigenvalue weighted by Crippen LogP contribution is 2.72. The first kappa shape index (κ1) is 66.5. The van der Waals surface area contributed by atoms with E-state index < -0.39 is 18.9 Å². The Morgan fingerprint density at radius 2 is 1.65 bits per heavy atom. The third-order valence-electron chi connectivity index (χ3n) is 24.2. The van der Waals surface area contributed by atoms with Crippen molar-refractivity contribution in [2.75, 3.05) is 46.4 Å². The van der Waals surface area contributed by atoms with Crippen molar-refractivity contribution in [3.8, 4) is 23.5 Å². The Kier molecular flexibility index (Phi) is 20.8. The zero-order valence-electron chi connectivity index (χ0n) is 55.9. The van der Waals surface area contributed by atoms with Crippen LogP contribution in [0.4, 0.5) is 0 Å². The molecule has 1 spiro atoms. The van der Waals surface area contributed by atoms with Gasteiger partial charge in [-0.15, -0.1) is 0 Å². The largest absolute Gasteiger partial charge is 0.504 e. The van der Waals surface area contributed by atoms with E-state index in [2.05, 4.69) is 148 Å². The SMILES string of the molecule is COc1cc2c(cc1O)CC1=CNC(N)C=C1[C@@H](Cc1cccc(CCc3ccccc3)c1)CC#CN=C(N)NC[C@H]1C[C@H](c3ccccc3)C=C[C@H]3C[C@]4(C[C@H]13)[C@@H](NC[C@H](C)O)C[C@@]1(C[C@@H]3[C@@H]5CCNC[C@@H]5C[C@@H]5C=CCN[C@@H]35)C[C@H](CC[C@@H]14)CC(=O)CC(=O)/C=C/2CO. The molecule has 5 bridgehead atoms.